The number of aromatic nitrogens is 1. The molecule has 0 radical (unpaired) electrons. The number of benzene rings is 1. The first-order valence-electron chi connectivity index (χ1n) is 10.0. The number of aryl methyl sites for hydroxylation is 1. The van der Waals surface area contributed by atoms with Gasteiger partial charge in [-0.25, -0.2) is 4.98 Å². The van der Waals surface area contributed by atoms with Crippen molar-refractivity contribution in [2.45, 2.75) is 32.9 Å². The Morgan fingerprint density at radius 3 is 2.60 bits per heavy atom. The predicted octanol–water partition coefficient (Wildman–Crippen LogP) is 2.57. The largest absolute Gasteiger partial charge is 0.369 e. The minimum Gasteiger partial charge on any atom is -0.369 e. The molecule has 2 heterocycles. The van der Waals surface area contributed by atoms with Crippen LogP contribution in [0.4, 0.5) is 5.82 Å². The van der Waals surface area contributed by atoms with Crippen LogP contribution in [0.3, 0.4) is 0 Å². The maximum Gasteiger partial charge on any atom is 0.220 e. The zero-order chi connectivity index (χ0) is 20.6. The lowest BCUT2D eigenvalue weighted by Gasteiger charge is -2.32. The molecule has 1 aromatic heterocycles. The number of carbonyl (C=O) groups excluding carboxylic acids is 1. The number of guanidine groups is 1. The zero-order valence-corrected chi connectivity index (χ0v) is 19.9. The van der Waals surface area contributed by atoms with Gasteiger partial charge < -0.3 is 21.3 Å². The Morgan fingerprint density at radius 1 is 1.20 bits per heavy atom. The monoisotopic (exact) mass is 522 g/mol. The predicted molar refractivity (Wildman–Crippen MR) is 132 cm³/mol. The number of anilines is 1. The van der Waals surface area contributed by atoms with Gasteiger partial charge in [-0.2, -0.15) is 0 Å². The lowest BCUT2D eigenvalue weighted by atomic mass is 9.96. The third-order valence-electron chi connectivity index (χ3n) is 5.28. The van der Waals surface area contributed by atoms with Crippen molar-refractivity contribution >= 4 is 41.7 Å². The lowest BCUT2D eigenvalue weighted by Crippen LogP contribution is -2.40. The van der Waals surface area contributed by atoms with Crippen LogP contribution >= 0.6 is 24.0 Å². The third-order valence-corrected chi connectivity index (χ3v) is 5.28. The van der Waals surface area contributed by atoms with Crippen LogP contribution in [0.1, 0.15) is 29.5 Å². The van der Waals surface area contributed by atoms with E-state index in [-0.39, 0.29) is 35.8 Å². The fraction of sp³-hybridized carbons (Fsp3) is 0.409. The molecule has 0 aliphatic carbocycles. The minimum atomic E-state index is -0.198. The first-order valence-corrected chi connectivity index (χ1v) is 10.0. The van der Waals surface area contributed by atoms with Gasteiger partial charge in [-0.3, -0.25) is 9.79 Å². The van der Waals surface area contributed by atoms with Gasteiger partial charge >= 0.3 is 0 Å². The van der Waals surface area contributed by atoms with Crippen molar-refractivity contribution in [2.75, 3.05) is 25.0 Å². The van der Waals surface area contributed by atoms with Crippen molar-refractivity contribution in [3.63, 3.8) is 0 Å². The number of hydrogen-bond acceptors (Lipinski definition) is 4. The van der Waals surface area contributed by atoms with Gasteiger partial charge in [0.15, 0.2) is 5.96 Å². The molecule has 1 fully saturated rings. The highest BCUT2D eigenvalue weighted by molar-refractivity contribution is 14.0. The van der Waals surface area contributed by atoms with Gasteiger partial charge in [0.25, 0.3) is 0 Å². The summed E-state index contributed by atoms with van der Waals surface area (Å²) in [6.07, 6.45) is 3.36. The molecule has 0 saturated carbocycles. The maximum atomic E-state index is 11.4. The number of pyridine rings is 1. The number of piperidine rings is 1. The van der Waals surface area contributed by atoms with E-state index in [2.05, 4.69) is 62.8 Å². The van der Waals surface area contributed by atoms with Gasteiger partial charge in [0.05, 0.1) is 0 Å². The molecular formula is C22H31IN6O. The van der Waals surface area contributed by atoms with Crippen LogP contribution in [0.5, 0.6) is 0 Å². The first kappa shape index (κ1) is 23.9. The average Bonchev–Trinajstić information content (AvgIpc) is 2.74. The van der Waals surface area contributed by atoms with Crippen molar-refractivity contribution in [3.8, 4) is 0 Å². The average molecular weight is 522 g/mol. The van der Waals surface area contributed by atoms with Crippen LogP contribution in [0.15, 0.2) is 47.6 Å². The molecule has 30 heavy (non-hydrogen) atoms. The normalized spacial score (nSPS) is 14.7. The second-order valence-electron chi connectivity index (χ2n) is 7.42. The van der Waals surface area contributed by atoms with Gasteiger partial charge in [-0.15, -0.1) is 24.0 Å². The van der Waals surface area contributed by atoms with E-state index in [1.165, 1.54) is 11.1 Å². The van der Waals surface area contributed by atoms with Crippen LogP contribution in [-0.2, 0) is 17.9 Å². The summed E-state index contributed by atoms with van der Waals surface area (Å²) in [4.78, 5) is 22.6. The number of halogens is 1. The van der Waals surface area contributed by atoms with Gasteiger partial charge in [0, 0.05) is 50.9 Å². The standard InChI is InChI=1S/C22H30N6O.HI/c1-16-5-3-6-17(13-16)14-26-22(24-2)27-15-19-7-4-10-25-21(19)28-11-8-18(9-12-28)20(23)29;/h3-7,10,13,18H,8-9,11-12,14-15H2,1-2H3,(H2,23,29)(H2,24,26,27);1H. The van der Waals surface area contributed by atoms with Crippen molar-refractivity contribution in [1.29, 1.82) is 0 Å². The molecule has 0 unspecified atom stereocenters. The summed E-state index contributed by atoms with van der Waals surface area (Å²) >= 11 is 0. The third kappa shape index (κ3) is 6.58. The maximum absolute atomic E-state index is 11.4. The highest BCUT2D eigenvalue weighted by Gasteiger charge is 2.24. The molecule has 7 nitrogen and oxygen atoms in total. The van der Waals surface area contributed by atoms with E-state index in [1.807, 2.05) is 12.3 Å². The molecule has 1 aromatic carbocycles. The molecule has 0 atom stereocenters. The summed E-state index contributed by atoms with van der Waals surface area (Å²) in [5.74, 6) is 1.48. The Labute approximate surface area is 195 Å². The van der Waals surface area contributed by atoms with Gasteiger partial charge in [-0.05, 0) is 31.4 Å². The number of carbonyl (C=O) groups is 1. The summed E-state index contributed by atoms with van der Waals surface area (Å²) in [6.45, 7) is 5.00. The van der Waals surface area contributed by atoms with E-state index in [0.717, 1.165) is 43.3 Å². The number of nitrogens with zero attached hydrogens (tertiary/aromatic N) is 3. The van der Waals surface area contributed by atoms with E-state index in [0.29, 0.717) is 13.1 Å². The highest BCUT2D eigenvalue weighted by Crippen LogP contribution is 2.24. The summed E-state index contributed by atoms with van der Waals surface area (Å²) in [6, 6.07) is 12.4. The van der Waals surface area contributed by atoms with Crippen LogP contribution in [0, 0.1) is 12.8 Å². The number of nitrogens with two attached hydrogens (primary N) is 1. The second kappa shape index (κ2) is 11.7. The van der Waals surface area contributed by atoms with Gasteiger partial charge in [-0.1, -0.05) is 35.9 Å². The number of rotatable bonds is 6. The number of nitrogens with one attached hydrogen (secondary N) is 2. The highest BCUT2D eigenvalue weighted by atomic mass is 127. The Balaban J connectivity index is 0.00000320. The molecule has 2 aromatic rings. The molecule has 1 amide bonds. The van der Waals surface area contributed by atoms with Crippen LogP contribution in [0.25, 0.3) is 0 Å². The molecule has 1 aliphatic heterocycles. The molecule has 8 heteroatoms. The van der Waals surface area contributed by atoms with E-state index in [4.69, 9.17) is 5.73 Å². The van der Waals surface area contributed by atoms with E-state index < -0.39 is 0 Å². The summed E-state index contributed by atoms with van der Waals surface area (Å²) < 4.78 is 0. The van der Waals surface area contributed by atoms with Crippen molar-refractivity contribution in [3.05, 3.63) is 59.3 Å². The fourth-order valence-corrected chi connectivity index (χ4v) is 3.64. The molecule has 162 valence electrons. The number of hydrogen-bond donors (Lipinski definition) is 3. The zero-order valence-electron chi connectivity index (χ0n) is 17.6. The van der Waals surface area contributed by atoms with Crippen LogP contribution < -0.4 is 21.3 Å². The molecule has 4 N–H and O–H groups in total. The number of primary amides is 1. The minimum absolute atomic E-state index is 0. The summed E-state index contributed by atoms with van der Waals surface area (Å²) in [7, 11) is 1.77. The summed E-state index contributed by atoms with van der Waals surface area (Å²) in [5, 5.41) is 6.73. The van der Waals surface area contributed by atoms with E-state index in [9.17, 15) is 4.79 Å². The quantitative estimate of drug-likeness (QED) is 0.308. The Hall–Kier alpha value is -2.36. The second-order valence-corrected chi connectivity index (χ2v) is 7.42. The van der Waals surface area contributed by atoms with Crippen LogP contribution in [-0.4, -0.2) is 37.0 Å². The van der Waals surface area contributed by atoms with Gasteiger partial charge in [0.1, 0.15) is 5.82 Å². The molecule has 0 bridgehead atoms. The molecule has 3 rings (SSSR count). The smallest absolute Gasteiger partial charge is 0.220 e. The van der Waals surface area contributed by atoms with Crippen molar-refractivity contribution in [1.82, 2.24) is 15.6 Å². The number of aliphatic imine (C=N–C) groups is 1. The number of amides is 1. The molecule has 1 saturated heterocycles. The van der Waals surface area contributed by atoms with E-state index in [1.54, 1.807) is 7.05 Å². The van der Waals surface area contributed by atoms with Crippen molar-refractivity contribution < 1.29 is 4.79 Å². The SMILES string of the molecule is CN=C(NCc1cccc(C)c1)NCc1cccnc1N1CCC(C(N)=O)CC1.I. The Morgan fingerprint density at radius 2 is 1.93 bits per heavy atom. The van der Waals surface area contributed by atoms with Crippen molar-refractivity contribution in [2.24, 2.45) is 16.6 Å². The molecule has 1 aliphatic rings. The topological polar surface area (TPSA) is 95.6 Å². The van der Waals surface area contributed by atoms with Crippen LogP contribution in [0.2, 0.25) is 0 Å². The Bertz CT molecular complexity index is 864. The first-order chi connectivity index (χ1) is 14.1. The Kier molecular flexibility index (Phi) is 9.35. The molecule has 0 spiro atoms. The van der Waals surface area contributed by atoms with Gasteiger partial charge in [0.2, 0.25) is 5.91 Å². The van der Waals surface area contributed by atoms with E-state index >= 15 is 0 Å². The lowest BCUT2D eigenvalue weighted by molar-refractivity contribution is -0.122. The molecular weight excluding hydrogens is 491 g/mol. The summed E-state index contributed by atoms with van der Waals surface area (Å²) in [5.41, 5.74) is 9.01. The fourth-order valence-electron chi connectivity index (χ4n) is 3.64.